The van der Waals surface area contributed by atoms with Gasteiger partial charge in [0, 0.05) is 24.0 Å². The van der Waals surface area contributed by atoms with Crippen LogP contribution in [0.4, 0.5) is 0 Å². The molecule has 0 unspecified atom stereocenters. The van der Waals surface area contributed by atoms with Crippen molar-refractivity contribution in [2.45, 2.75) is 13.0 Å². The molecular formula is C13H14N4O. The topological polar surface area (TPSA) is 76.9 Å². The Morgan fingerprint density at radius 1 is 1.50 bits per heavy atom. The third-order valence-electron chi connectivity index (χ3n) is 2.72. The van der Waals surface area contributed by atoms with Crippen LogP contribution in [0, 0.1) is 11.3 Å². The van der Waals surface area contributed by atoms with E-state index in [0.29, 0.717) is 11.6 Å². The van der Waals surface area contributed by atoms with Crippen LogP contribution in [-0.4, -0.2) is 16.7 Å². The van der Waals surface area contributed by atoms with Crippen molar-refractivity contribution in [1.29, 1.82) is 5.26 Å². The van der Waals surface area contributed by atoms with Gasteiger partial charge in [-0.3, -0.25) is 4.57 Å². The van der Waals surface area contributed by atoms with Gasteiger partial charge in [-0.1, -0.05) is 6.07 Å². The minimum atomic E-state index is -0.204. The van der Waals surface area contributed by atoms with E-state index in [2.05, 4.69) is 4.98 Å². The second-order valence-electron chi connectivity index (χ2n) is 3.91. The SMILES string of the molecule is COc1cccc(-n2ccnc2C#N)c1[C@@H](C)N. The molecule has 0 aliphatic carbocycles. The zero-order chi connectivity index (χ0) is 13.1. The van der Waals surface area contributed by atoms with Gasteiger partial charge in [-0.05, 0) is 19.1 Å². The van der Waals surface area contributed by atoms with Gasteiger partial charge in [0.25, 0.3) is 0 Å². The normalized spacial score (nSPS) is 11.9. The second-order valence-corrected chi connectivity index (χ2v) is 3.91. The maximum absolute atomic E-state index is 9.03. The molecule has 0 radical (unpaired) electrons. The minimum Gasteiger partial charge on any atom is -0.496 e. The zero-order valence-electron chi connectivity index (χ0n) is 10.3. The summed E-state index contributed by atoms with van der Waals surface area (Å²) in [6.45, 7) is 1.88. The molecule has 1 aromatic carbocycles. The standard InChI is InChI=1S/C13H14N4O/c1-9(15)13-10(4-3-5-11(13)18-2)17-7-6-16-12(17)8-14/h3-7,9H,15H2,1-2H3/t9-/m1/s1. The highest BCUT2D eigenvalue weighted by Crippen LogP contribution is 2.30. The minimum absolute atomic E-state index is 0.204. The van der Waals surface area contributed by atoms with Gasteiger partial charge in [0.05, 0.1) is 12.8 Å². The molecule has 18 heavy (non-hydrogen) atoms. The van der Waals surface area contributed by atoms with Gasteiger partial charge in [0.15, 0.2) is 0 Å². The molecule has 2 aromatic rings. The van der Waals surface area contributed by atoms with Crippen molar-refractivity contribution in [1.82, 2.24) is 9.55 Å². The highest BCUT2D eigenvalue weighted by Gasteiger charge is 2.16. The van der Waals surface area contributed by atoms with Crippen LogP contribution in [0.15, 0.2) is 30.6 Å². The monoisotopic (exact) mass is 242 g/mol. The van der Waals surface area contributed by atoms with Gasteiger partial charge in [-0.2, -0.15) is 5.26 Å². The van der Waals surface area contributed by atoms with Crippen molar-refractivity contribution in [2.24, 2.45) is 5.73 Å². The van der Waals surface area contributed by atoms with Crippen molar-refractivity contribution in [3.05, 3.63) is 42.0 Å². The quantitative estimate of drug-likeness (QED) is 0.889. The number of hydrogen-bond donors (Lipinski definition) is 1. The van der Waals surface area contributed by atoms with E-state index >= 15 is 0 Å². The summed E-state index contributed by atoms with van der Waals surface area (Å²) in [6, 6.07) is 7.45. The molecule has 0 aliphatic rings. The lowest BCUT2D eigenvalue weighted by Crippen LogP contribution is -2.12. The number of nitrogens with two attached hydrogens (primary N) is 1. The van der Waals surface area contributed by atoms with E-state index in [0.717, 1.165) is 11.3 Å². The van der Waals surface area contributed by atoms with Gasteiger partial charge in [-0.25, -0.2) is 4.98 Å². The van der Waals surface area contributed by atoms with Crippen molar-refractivity contribution >= 4 is 0 Å². The van der Waals surface area contributed by atoms with E-state index in [1.165, 1.54) is 0 Å². The highest BCUT2D eigenvalue weighted by molar-refractivity contribution is 5.52. The van der Waals surface area contributed by atoms with Crippen molar-refractivity contribution in [2.75, 3.05) is 7.11 Å². The van der Waals surface area contributed by atoms with Gasteiger partial charge in [0.1, 0.15) is 11.8 Å². The molecule has 5 nitrogen and oxygen atoms in total. The average molecular weight is 242 g/mol. The Kier molecular flexibility index (Phi) is 3.31. The van der Waals surface area contributed by atoms with Gasteiger partial charge in [-0.15, -0.1) is 0 Å². The third-order valence-corrected chi connectivity index (χ3v) is 2.72. The predicted octanol–water partition coefficient (Wildman–Crippen LogP) is 1.77. The van der Waals surface area contributed by atoms with E-state index in [1.807, 2.05) is 31.2 Å². The summed E-state index contributed by atoms with van der Waals surface area (Å²) in [6.07, 6.45) is 3.32. The molecule has 92 valence electrons. The number of hydrogen-bond acceptors (Lipinski definition) is 4. The average Bonchev–Trinajstić information content (AvgIpc) is 2.85. The Labute approximate surface area is 105 Å². The number of rotatable bonds is 3. The molecule has 0 saturated carbocycles. The summed E-state index contributed by atoms with van der Waals surface area (Å²) < 4.78 is 7.03. The number of nitrogens with zero attached hydrogens (tertiary/aromatic N) is 3. The van der Waals surface area contributed by atoms with E-state index < -0.39 is 0 Å². The van der Waals surface area contributed by atoms with Crippen molar-refractivity contribution in [3.63, 3.8) is 0 Å². The Bertz CT molecular complexity index is 595. The highest BCUT2D eigenvalue weighted by atomic mass is 16.5. The molecule has 5 heteroatoms. The lowest BCUT2D eigenvalue weighted by atomic mass is 10.1. The third kappa shape index (κ3) is 1.94. The Morgan fingerprint density at radius 2 is 2.28 bits per heavy atom. The van der Waals surface area contributed by atoms with Gasteiger partial charge >= 0.3 is 0 Å². The number of nitriles is 1. The summed E-state index contributed by atoms with van der Waals surface area (Å²) >= 11 is 0. The molecule has 1 aromatic heterocycles. The van der Waals surface area contributed by atoms with Crippen LogP contribution in [0.5, 0.6) is 5.75 Å². The molecule has 0 aliphatic heterocycles. The van der Waals surface area contributed by atoms with Crippen LogP contribution in [0.1, 0.15) is 24.4 Å². The first-order valence-corrected chi connectivity index (χ1v) is 5.55. The number of benzene rings is 1. The summed E-state index contributed by atoms with van der Waals surface area (Å²) in [5.74, 6) is 1.03. The van der Waals surface area contributed by atoms with E-state index in [9.17, 15) is 0 Å². The lowest BCUT2D eigenvalue weighted by molar-refractivity contribution is 0.406. The van der Waals surface area contributed by atoms with Gasteiger partial charge < -0.3 is 10.5 Å². The fourth-order valence-electron chi connectivity index (χ4n) is 1.96. The largest absolute Gasteiger partial charge is 0.496 e. The number of imidazole rings is 1. The Hall–Kier alpha value is -2.32. The Balaban J connectivity index is 2.68. The summed E-state index contributed by atoms with van der Waals surface area (Å²) in [5, 5.41) is 9.03. The van der Waals surface area contributed by atoms with Crippen LogP contribution in [0.3, 0.4) is 0 Å². The molecule has 2 N–H and O–H groups in total. The first-order chi connectivity index (χ1) is 8.69. The van der Waals surface area contributed by atoms with Gasteiger partial charge in [0.2, 0.25) is 5.82 Å². The van der Waals surface area contributed by atoms with Crippen LogP contribution < -0.4 is 10.5 Å². The van der Waals surface area contributed by atoms with Crippen molar-refractivity contribution < 1.29 is 4.74 Å². The predicted molar refractivity (Wildman–Crippen MR) is 67.4 cm³/mol. The lowest BCUT2D eigenvalue weighted by Gasteiger charge is -2.17. The first-order valence-electron chi connectivity index (χ1n) is 5.55. The molecule has 0 fully saturated rings. The van der Waals surface area contributed by atoms with E-state index in [4.69, 9.17) is 15.7 Å². The molecule has 2 rings (SSSR count). The maximum atomic E-state index is 9.03. The second kappa shape index (κ2) is 4.90. The molecule has 0 spiro atoms. The summed E-state index contributed by atoms with van der Waals surface area (Å²) in [7, 11) is 1.60. The van der Waals surface area contributed by atoms with E-state index in [-0.39, 0.29) is 6.04 Å². The zero-order valence-corrected chi connectivity index (χ0v) is 10.3. The smallest absolute Gasteiger partial charge is 0.217 e. The molecule has 0 bridgehead atoms. The maximum Gasteiger partial charge on any atom is 0.217 e. The Morgan fingerprint density at radius 3 is 2.89 bits per heavy atom. The fourth-order valence-corrected chi connectivity index (χ4v) is 1.96. The van der Waals surface area contributed by atoms with E-state index in [1.54, 1.807) is 24.1 Å². The first kappa shape index (κ1) is 12.1. The molecule has 0 saturated heterocycles. The number of methoxy groups -OCH3 is 1. The number of ether oxygens (including phenoxy) is 1. The van der Waals surface area contributed by atoms with Crippen LogP contribution >= 0.6 is 0 Å². The number of aromatic nitrogens is 2. The summed E-state index contributed by atoms with van der Waals surface area (Å²) in [4.78, 5) is 3.99. The molecule has 1 atom stereocenters. The van der Waals surface area contributed by atoms with Crippen LogP contribution in [-0.2, 0) is 0 Å². The fraction of sp³-hybridized carbons (Fsp3) is 0.231. The molecular weight excluding hydrogens is 228 g/mol. The molecule has 1 heterocycles. The summed E-state index contributed by atoms with van der Waals surface area (Å²) in [5.41, 5.74) is 7.67. The van der Waals surface area contributed by atoms with Crippen LogP contribution in [0.2, 0.25) is 0 Å². The molecule has 0 amide bonds. The van der Waals surface area contributed by atoms with Crippen molar-refractivity contribution in [3.8, 4) is 17.5 Å². The van der Waals surface area contributed by atoms with Crippen LogP contribution in [0.25, 0.3) is 5.69 Å².